The summed E-state index contributed by atoms with van der Waals surface area (Å²) in [7, 11) is 0. The van der Waals surface area contributed by atoms with Crippen LogP contribution in [0.1, 0.15) is 6.42 Å². The number of nitrogens with two attached hydrogens (primary N) is 1. The van der Waals surface area contributed by atoms with E-state index in [-0.39, 0.29) is 5.95 Å². The highest BCUT2D eigenvalue weighted by molar-refractivity contribution is 6.30. The Balaban J connectivity index is 1.49. The van der Waals surface area contributed by atoms with Crippen molar-refractivity contribution in [3.8, 4) is 22.3 Å². The van der Waals surface area contributed by atoms with E-state index in [1.54, 1.807) is 6.20 Å². The number of anilines is 2. The minimum Gasteiger partial charge on any atom is -0.369 e. The lowest BCUT2D eigenvalue weighted by atomic mass is 10.00. The van der Waals surface area contributed by atoms with Gasteiger partial charge in [0.15, 0.2) is 0 Å². The normalized spacial score (nSPS) is 14.6. The average Bonchev–Trinajstić information content (AvgIpc) is 2.78. The Morgan fingerprint density at radius 1 is 1.03 bits per heavy atom. The van der Waals surface area contributed by atoms with Gasteiger partial charge in [-0.1, -0.05) is 41.9 Å². The van der Waals surface area contributed by atoms with Crippen molar-refractivity contribution in [3.63, 3.8) is 0 Å². The van der Waals surface area contributed by atoms with Crippen LogP contribution in [0.4, 0.5) is 11.8 Å². The van der Waals surface area contributed by atoms with E-state index >= 15 is 0 Å². The largest absolute Gasteiger partial charge is 0.369 e. The molecule has 3 aromatic rings. The monoisotopic (exact) mass is 422 g/mol. The van der Waals surface area contributed by atoms with Crippen molar-refractivity contribution < 1.29 is 0 Å². The fourth-order valence-electron chi connectivity index (χ4n) is 3.72. The highest BCUT2D eigenvalue weighted by Gasteiger charge is 2.11. The summed E-state index contributed by atoms with van der Waals surface area (Å²) in [4.78, 5) is 11.2. The summed E-state index contributed by atoms with van der Waals surface area (Å²) in [5.41, 5.74) is 10.0. The molecule has 1 fully saturated rings. The summed E-state index contributed by atoms with van der Waals surface area (Å²) in [6.45, 7) is 6.28. The number of aromatic nitrogens is 2. The van der Waals surface area contributed by atoms with E-state index in [1.807, 2.05) is 24.3 Å². The van der Waals surface area contributed by atoms with Crippen LogP contribution in [0.2, 0.25) is 5.02 Å². The molecule has 2 aromatic carbocycles. The molecular weight excluding hydrogens is 396 g/mol. The standard InChI is InChI=1S/C23H27ClN6/c24-20-7-2-5-18(15-20)17-4-1-6-19(14-17)21-16-28-23(25)29-22(21)27-8-3-11-30-12-9-26-10-13-30/h1-2,4-7,14-16,26H,3,8-13H2,(H3,25,27,28,29). The lowest BCUT2D eigenvalue weighted by molar-refractivity contribution is 0.240. The SMILES string of the molecule is Nc1ncc(-c2cccc(-c3cccc(Cl)c3)c2)c(NCCCN2CCNCC2)n1. The first-order chi connectivity index (χ1) is 14.7. The molecule has 0 amide bonds. The Labute approximate surface area is 182 Å². The van der Waals surface area contributed by atoms with Crippen LogP contribution in [0.25, 0.3) is 22.3 Å². The number of hydrogen-bond donors (Lipinski definition) is 3. The van der Waals surface area contributed by atoms with Crippen LogP contribution < -0.4 is 16.4 Å². The van der Waals surface area contributed by atoms with Gasteiger partial charge in [0.2, 0.25) is 5.95 Å². The molecular formula is C23H27ClN6. The Morgan fingerprint density at radius 3 is 2.57 bits per heavy atom. The molecule has 0 spiro atoms. The van der Waals surface area contributed by atoms with Gasteiger partial charge in [-0.2, -0.15) is 4.98 Å². The lowest BCUT2D eigenvalue weighted by Gasteiger charge is -2.27. The smallest absolute Gasteiger partial charge is 0.221 e. The van der Waals surface area contributed by atoms with Gasteiger partial charge in [-0.05, 0) is 47.9 Å². The number of nitrogen functional groups attached to an aromatic ring is 1. The molecule has 4 N–H and O–H groups in total. The first-order valence-electron chi connectivity index (χ1n) is 10.3. The van der Waals surface area contributed by atoms with Gasteiger partial charge in [0.25, 0.3) is 0 Å². The fourth-order valence-corrected chi connectivity index (χ4v) is 3.91. The van der Waals surface area contributed by atoms with Crippen molar-refractivity contribution in [2.75, 3.05) is 50.3 Å². The van der Waals surface area contributed by atoms with Crippen LogP contribution in [0.5, 0.6) is 0 Å². The van der Waals surface area contributed by atoms with Crippen LogP contribution in [-0.2, 0) is 0 Å². The zero-order chi connectivity index (χ0) is 20.8. The zero-order valence-electron chi connectivity index (χ0n) is 16.9. The molecule has 1 aliphatic heterocycles. The molecule has 0 saturated carbocycles. The maximum Gasteiger partial charge on any atom is 0.221 e. The summed E-state index contributed by atoms with van der Waals surface area (Å²) in [5, 5.41) is 7.58. The van der Waals surface area contributed by atoms with Crippen molar-refractivity contribution in [3.05, 3.63) is 59.8 Å². The number of benzene rings is 2. The highest BCUT2D eigenvalue weighted by atomic mass is 35.5. The summed E-state index contributed by atoms with van der Waals surface area (Å²) in [6, 6.07) is 16.2. The summed E-state index contributed by atoms with van der Waals surface area (Å²) in [6.07, 6.45) is 2.84. The minimum absolute atomic E-state index is 0.273. The maximum atomic E-state index is 6.17. The lowest BCUT2D eigenvalue weighted by Crippen LogP contribution is -2.44. The first-order valence-corrected chi connectivity index (χ1v) is 10.7. The molecule has 0 unspecified atom stereocenters. The molecule has 0 aliphatic carbocycles. The summed E-state index contributed by atoms with van der Waals surface area (Å²) >= 11 is 6.17. The second-order valence-electron chi connectivity index (χ2n) is 7.45. The predicted molar refractivity (Wildman–Crippen MR) is 125 cm³/mol. The number of rotatable bonds is 7. The summed E-state index contributed by atoms with van der Waals surface area (Å²) in [5.74, 6) is 1.04. The second kappa shape index (κ2) is 9.89. The van der Waals surface area contributed by atoms with Gasteiger partial charge in [-0.15, -0.1) is 0 Å². The number of hydrogen-bond acceptors (Lipinski definition) is 6. The molecule has 0 atom stereocenters. The van der Waals surface area contributed by atoms with Gasteiger partial charge in [0.05, 0.1) is 0 Å². The van der Waals surface area contributed by atoms with E-state index < -0.39 is 0 Å². The molecule has 1 aliphatic rings. The molecule has 6 nitrogen and oxygen atoms in total. The number of nitrogens with one attached hydrogen (secondary N) is 2. The third-order valence-electron chi connectivity index (χ3n) is 5.29. The Morgan fingerprint density at radius 2 is 1.77 bits per heavy atom. The molecule has 30 heavy (non-hydrogen) atoms. The van der Waals surface area contributed by atoms with Crippen molar-refractivity contribution in [2.45, 2.75) is 6.42 Å². The van der Waals surface area contributed by atoms with Gasteiger partial charge in [-0.25, -0.2) is 4.98 Å². The van der Waals surface area contributed by atoms with E-state index in [0.717, 1.165) is 78.8 Å². The molecule has 0 radical (unpaired) electrons. The topological polar surface area (TPSA) is 79.1 Å². The maximum absolute atomic E-state index is 6.17. The molecule has 2 heterocycles. The van der Waals surface area contributed by atoms with Gasteiger partial charge >= 0.3 is 0 Å². The van der Waals surface area contributed by atoms with Crippen LogP contribution in [0, 0.1) is 0 Å². The van der Waals surface area contributed by atoms with Crippen molar-refractivity contribution >= 4 is 23.4 Å². The highest BCUT2D eigenvalue weighted by Crippen LogP contribution is 2.31. The molecule has 156 valence electrons. The second-order valence-corrected chi connectivity index (χ2v) is 7.89. The van der Waals surface area contributed by atoms with E-state index in [1.165, 1.54) is 0 Å². The average molecular weight is 423 g/mol. The van der Waals surface area contributed by atoms with Crippen molar-refractivity contribution in [1.82, 2.24) is 20.2 Å². The Bertz CT molecular complexity index is 987. The van der Waals surface area contributed by atoms with Gasteiger partial charge in [0.1, 0.15) is 5.82 Å². The first kappa shape index (κ1) is 20.6. The number of piperazine rings is 1. The molecule has 1 aromatic heterocycles. The number of halogens is 1. The fraction of sp³-hybridized carbons (Fsp3) is 0.304. The van der Waals surface area contributed by atoms with Crippen LogP contribution in [0.15, 0.2) is 54.7 Å². The van der Waals surface area contributed by atoms with Gasteiger partial charge in [-0.3, -0.25) is 0 Å². The van der Waals surface area contributed by atoms with Gasteiger partial charge in [0, 0.05) is 49.5 Å². The van der Waals surface area contributed by atoms with E-state index in [9.17, 15) is 0 Å². The molecule has 1 saturated heterocycles. The molecule has 0 bridgehead atoms. The van der Waals surface area contributed by atoms with Gasteiger partial charge < -0.3 is 21.3 Å². The minimum atomic E-state index is 0.273. The van der Waals surface area contributed by atoms with Crippen molar-refractivity contribution in [2.24, 2.45) is 0 Å². The zero-order valence-corrected chi connectivity index (χ0v) is 17.7. The van der Waals surface area contributed by atoms with Crippen LogP contribution >= 0.6 is 11.6 Å². The van der Waals surface area contributed by atoms with Crippen LogP contribution in [-0.4, -0.2) is 54.1 Å². The van der Waals surface area contributed by atoms with E-state index in [0.29, 0.717) is 0 Å². The third kappa shape index (κ3) is 5.27. The van der Waals surface area contributed by atoms with Crippen molar-refractivity contribution in [1.29, 1.82) is 0 Å². The Kier molecular flexibility index (Phi) is 6.79. The Hall–Kier alpha value is -2.67. The third-order valence-corrected chi connectivity index (χ3v) is 5.53. The quantitative estimate of drug-likeness (QED) is 0.503. The molecule has 7 heteroatoms. The summed E-state index contributed by atoms with van der Waals surface area (Å²) < 4.78 is 0. The van der Waals surface area contributed by atoms with E-state index in [2.05, 4.69) is 49.8 Å². The van der Waals surface area contributed by atoms with E-state index in [4.69, 9.17) is 17.3 Å². The van der Waals surface area contributed by atoms with Crippen LogP contribution in [0.3, 0.4) is 0 Å². The predicted octanol–water partition coefficient (Wildman–Crippen LogP) is 3.75. The number of nitrogens with zero attached hydrogens (tertiary/aromatic N) is 3. The molecule has 4 rings (SSSR count).